The van der Waals surface area contributed by atoms with Crippen molar-refractivity contribution in [2.75, 3.05) is 0 Å². The molecule has 1 aromatic carbocycles. The fraction of sp³-hybridized carbons (Fsp3) is 0.571. The molecule has 2 heteroatoms. The molecular weight excluding hydrogens is 200 g/mol. The molecule has 16 heavy (non-hydrogen) atoms. The van der Waals surface area contributed by atoms with Gasteiger partial charge in [-0.3, -0.25) is 0 Å². The maximum Gasteiger partial charge on any atom is 0.101 e. The van der Waals surface area contributed by atoms with E-state index in [4.69, 9.17) is 0 Å². The summed E-state index contributed by atoms with van der Waals surface area (Å²) in [6.07, 6.45) is 0.830. The molecule has 0 saturated heterocycles. The van der Waals surface area contributed by atoms with Gasteiger partial charge in [-0.05, 0) is 17.5 Å². The lowest BCUT2D eigenvalue weighted by atomic mass is 9.57. The number of aliphatic hydroxyl groups excluding tert-OH is 1. The summed E-state index contributed by atoms with van der Waals surface area (Å²) in [6, 6.07) is 7.93. The number of benzene rings is 1. The molecule has 88 valence electrons. The maximum absolute atomic E-state index is 10.7. The first-order valence-corrected chi connectivity index (χ1v) is 5.92. The third kappa shape index (κ3) is 1.33. The van der Waals surface area contributed by atoms with Gasteiger partial charge in [0.15, 0.2) is 0 Å². The maximum atomic E-state index is 10.7. The fourth-order valence-electron chi connectivity index (χ4n) is 2.70. The van der Waals surface area contributed by atoms with Crippen LogP contribution < -0.4 is 0 Å². The molecule has 0 bridgehead atoms. The molecule has 0 amide bonds. The molecular formula is C14H20O2. The van der Waals surface area contributed by atoms with E-state index < -0.39 is 17.1 Å². The predicted octanol–water partition coefficient (Wildman–Crippen LogP) is 2.23. The van der Waals surface area contributed by atoms with Crippen LogP contribution in [0.2, 0.25) is 0 Å². The average molecular weight is 220 g/mol. The van der Waals surface area contributed by atoms with Gasteiger partial charge in [-0.25, -0.2) is 0 Å². The lowest BCUT2D eigenvalue weighted by Gasteiger charge is -2.52. The van der Waals surface area contributed by atoms with Crippen molar-refractivity contribution in [2.45, 2.75) is 45.3 Å². The summed E-state index contributed by atoms with van der Waals surface area (Å²) >= 11 is 0. The molecule has 0 spiro atoms. The lowest BCUT2D eigenvalue weighted by molar-refractivity contribution is -0.147. The first kappa shape index (κ1) is 11.6. The molecule has 0 unspecified atom stereocenters. The Labute approximate surface area is 96.9 Å². The number of rotatable bonds is 3. The van der Waals surface area contributed by atoms with Crippen LogP contribution in [0.15, 0.2) is 24.3 Å². The number of hydrogen-bond donors (Lipinski definition) is 2. The highest BCUT2D eigenvalue weighted by Crippen LogP contribution is 2.52. The largest absolute Gasteiger partial charge is 0.392 e. The zero-order chi connectivity index (χ0) is 12.0. The predicted molar refractivity (Wildman–Crippen MR) is 64.1 cm³/mol. The lowest BCUT2D eigenvalue weighted by Crippen LogP contribution is -2.55. The van der Waals surface area contributed by atoms with E-state index in [-0.39, 0.29) is 0 Å². The van der Waals surface area contributed by atoms with E-state index in [9.17, 15) is 10.2 Å². The molecule has 1 aliphatic rings. The third-order valence-corrected chi connectivity index (χ3v) is 4.19. The molecule has 0 aromatic heterocycles. The quantitative estimate of drug-likeness (QED) is 0.820. The molecule has 0 radical (unpaired) electrons. The van der Waals surface area contributed by atoms with Gasteiger partial charge in [0.05, 0.1) is 6.10 Å². The Balaban J connectivity index is 2.37. The standard InChI is InChI=1S/C14H20O2/c1-4-12(15)13(2,3)14(16)9-10-7-5-6-8-11(10)14/h5-8,12,15-16H,4,9H2,1-3H3/t12-,14+/m0/s1. The Hall–Kier alpha value is -0.860. The second-order valence-electron chi connectivity index (χ2n) is 5.34. The van der Waals surface area contributed by atoms with Crippen LogP contribution in [0.4, 0.5) is 0 Å². The molecule has 0 saturated carbocycles. The van der Waals surface area contributed by atoms with Crippen LogP contribution in [-0.4, -0.2) is 16.3 Å². The molecule has 2 atom stereocenters. The van der Waals surface area contributed by atoms with E-state index in [0.29, 0.717) is 12.8 Å². The molecule has 2 nitrogen and oxygen atoms in total. The summed E-state index contributed by atoms with van der Waals surface area (Å²) in [7, 11) is 0. The molecule has 1 aromatic rings. The Morgan fingerprint density at radius 2 is 2.00 bits per heavy atom. The van der Waals surface area contributed by atoms with Crippen LogP contribution in [0.5, 0.6) is 0 Å². The summed E-state index contributed by atoms with van der Waals surface area (Å²) in [5, 5.41) is 20.8. The average Bonchev–Trinajstić information content (AvgIpc) is 2.26. The highest BCUT2D eigenvalue weighted by molar-refractivity contribution is 5.44. The van der Waals surface area contributed by atoms with Crippen molar-refractivity contribution in [1.29, 1.82) is 0 Å². The molecule has 1 aliphatic carbocycles. The second kappa shape index (κ2) is 3.57. The van der Waals surface area contributed by atoms with Gasteiger partial charge in [-0.2, -0.15) is 0 Å². The van der Waals surface area contributed by atoms with E-state index in [1.807, 2.05) is 45.0 Å². The highest BCUT2D eigenvalue weighted by atomic mass is 16.3. The van der Waals surface area contributed by atoms with Crippen LogP contribution in [0.1, 0.15) is 38.3 Å². The minimum Gasteiger partial charge on any atom is -0.392 e. The first-order chi connectivity index (χ1) is 7.43. The van der Waals surface area contributed by atoms with Gasteiger partial charge >= 0.3 is 0 Å². The Bertz CT molecular complexity index is 397. The monoisotopic (exact) mass is 220 g/mol. The van der Waals surface area contributed by atoms with E-state index in [1.165, 1.54) is 5.56 Å². The van der Waals surface area contributed by atoms with Crippen LogP contribution in [0.25, 0.3) is 0 Å². The summed E-state index contributed by atoms with van der Waals surface area (Å²) < 4.78 is 0. The van der Waals surface area contributed by atoms with Crippen molar-refractivity contribution in [3.63, 3.8) is 0 Å². The van der Waals surface area contributed by atoms with Gasteiger partial charge in [-0.15, -0.1) is 0 Å². The van der Waals surface area contributed by atoms with Crippen molar-refractivity contribution in [2.24, 2.45) is 5.41 Å². The van der Waals surface area contributed by atoms with E-state index in [1.54, 1.807) is 0 Å². The van der Waals surface area contributed by atoms with E-state index in [2.05, 4.69) is 0 Å². The van der Waals surface area contributed by atoms with Crippen molar-refractivity contribution in [1.82, 2.24) is 0 Å². The zero-order valence-electron chi connectivity index (χ0n) is 10.2. The molecule has 0 aliphatic heterocycles. The first-order valence-electron chi connectivity index (χ1n) is 5.92. The van der Waals surface area contributed by atoms with Crippen molar-refractivity contribution in [3.05, 3.63) is 35.4 Å². The summed E-state index contributed by atoms with van der Waals surface area (Å²) in [6.45, 7) is 5.83. The van der Waals surface area contributed by atoms with Gasteiger partial charge in [0.2, 0.25) is 0 Å². The highest BCUT2D eigenvalue weighted by Gasteiger charge is 2.54. The summed E-state index contributed by atoms with van der Waals surface area (Å²) in [5.41, 5.74) is 0.795. The van der Waals surface area contributed by atoms with Gasteiger partial charge in [0, 0.05) is 11.8 Å². The van der Waals surface area contributed by atoms with E-state index in [0.717, 1.165) is 5.56 Å². The number of aliphatic hydroxyl groups is 2. The fourth-order valence-corrected chi connectivity index (χ4v) is 2.70. The zero-order valence-corrected chi connectivity index (χ0v) is 10.2. The van der Waals surface area contributed by atoms with Gasteiger partial charge < -0.3 is 10.2 Å². The molecule has 2 N–H and O–H groups in total. The number of hydrogen-bond acceptors (Lipinski definition) is 2. The van der Waals surface area contributed by atoms with Crippen molar-refractivity contribution >= 4 is 0 Å². The Morgan fingerprint density at radius 3 is 2.56 bits per heavy atom. The van der Waals surface area contributed by atoms with E-state index >= 15 is 0 Å². The third-order valence-electron chi connectivity index (χ3n) is 4.19. The van der Waals surface area contributed by atoms with Gasteiger partial charge in [-0.1, -0.05) is 45.0 Å². The number of fused-ring (bicyclic) bond motifs is 1. The normalized spacial score (nSPS) is 25.8. The second-order valence-corrected chi connectivity index (χ2v) is 5.34. The van der Waals surface area contributed by atoms with Crippen LogP contribution in [-0.2, 0) is 12.0 Å². The minimum absolute atomic E-state index is 0.481. The van der Waals surface area contributed by atoms with Gasteiger partial charge in [0.25, 0.3) is 0 Å². The topological polar surface area (TPSA) is 40.5 Å². The molecule has 0 fully saturated rings. The van der Waals surface area contributed by atoms with Gasteiger partial charge in [0.1, 0.15) is 5.60 Å². The van der Waals surface area contributed by atoms with Crippen LogP contribution in [0, 0.1) is 5.41 Å². The smallest absolute Gasteiger partial charge is 0.101 e. The summed E-state index contributed by atoms with van der Waals surface area (Å²) in [4.78, 5) is 0. The summed E-state index contributed by atoms with van der Waals surface area (Å²) in [5.74, 6) is 0. The van der Waals surface area contributed by atoms with Crippen LogP contribution in [0.3, 0.4) is 0 Å². The minimum atomic E-state index is -0.876. The Kier molecular flexibility index (Phi) is 2.59. The van der Waals surface area contributed by atoms with Crippen molar-refractivity contribution < 1.29 is 10.2 Å². The molecule has 2 rings (SSSR count). The molecule has 0 heterocycles. The SMILES string of the molecule is CC[C@H](O)C(C)(C)[C@@]1(O)Cc2ccccc21. The Morgan fingerprint density at radius 1 is 1.38 bits per heavy atom. The van der Waals surface area contributed by atoms with Crippen molar-refractivity contribution in [3.8, 4) is 0 Å². The van der Waals surface area contributed by atoms with Crippen LogP contribution >= 0.6 is 0 Å².